The summed E-state index contributed by atoms with van der Waals surface area (Å²) in [5.74, 6) is -0.355. The molecular formula is C18H16N2O4. The highest BCUT2D eigenvalue weighted by molar-refractivity contribution is 6.08. The second-order valence-corrected chi connectivity index (χ2v) is 5.77. The Kier molecular flexibility index (Phi) is 4.12. The van der Waals surface area contributed by atoms with Crippen LogP contribution < -0.4 is 4.90 Å². The van der Waals surface area contributed by atoms with E-state index in [9.17, 15) is 19.7 Å². The van der Waals surface area contributed by atoms with Gasteiger partial charge < -0.3 is 4.90 Å². The zero-order valence-corrected chi connectivity index (χ0v) is 13.2. The molecule has 2 aromatic rings. The Balaban J connectivity index is 2.01. The Morgan fingerprint density at radius 2 is 1.92 bits per heavy atom. The molecule has 0 bridgehead atoms. The monoisotopic (exact) mass is 324 g/mol. The summed E-state index contributed by atoms with van der Waals surface area (Å²) in [5.41, 5.74) is 2.42. The number of nitro groups is 1. The van der Waals surface area contributed by atoms with Crippen LogP contribution in [0.3, 0.4) is 0 Å². The summed E-state index contributed by atoms with van der Waals surface area (Å²) in [6, 6.07) is 11.1. The van der Waals surface area contributed by atoms with Crippen molar-refractivity contribution in [3.63, 3.8) is 0 Å². The largest absolute Gasteiger partial charge is 0.308 e. The molecular weight excluding hydrogens is 308 g/mol. The Hall–Kier alpha value is -3.02. The maximum absolute atomic E-state index is 12.8. The number of anilines is 1. The number of nitrogens with zero attached hydrogens (tertiary/aromatic N) is 2. The van der Waals surface area contributed by atoms with Gasteiger partial charge in [-0.25, -0.2) is 0 Å². The van der Waals surface area contributed by atoms with E-state index in [2.05, 4.69) is 0 Å². The Morgan fingerprint density at radius 3 is 2.62 bits per heavy atom. The van der Waals surface area contributed by atoms with Crippen molar-refractivity contribution in [2.24, 2.45) is 0 Å². The van der Waals surface area contributed by atoms with Crippen LogP contribution in [0.1, 0.15) is 39.6 Å². The lowest BCUT2D eigenvalue weighted by molar-refractivity contribution is -0.384. The minimum atomic E-state index is -0.519. The molecule has 0 saturated carbocycles. The third kappa shape index (κ3) is 2.90. The average Bonchev–Trinajstić information content (AvgIpc) is 2.60. The van der Waals surface area contributed by atoms with Gasteiger partial charge >= 0.3 is 0 Å². The number of non-ortho nitro benzene ring substituents is 1. The minimum Gasteiger partial charge on any atom is -0.308 e. The van der Waals surface area contributed by atoms with Gasteiger partial charge in [-0.3, -0.25) is 19.7 Å². The maximum atomic E-state index is 12.8. The number of hydrogen-bond donors (Lipinski definition) is 0. The van der Waals surface area contributed by atoms with Crippen molar-refractivity contribution in [2.45, 2.75) is 19.8 Å². The molecule has 1 aliphatic heterocycles. The third-order valence-electron chi connectivity index (χ3n) is 4.16. The molecule has 0 aliphatic carbocycles. The standard InChI is InChI=1S/C18H16N2O4/c1-12(21)14-8-7-13-5-3-9-19(17(13)11-14)18(22)15-4-2-6-16(10-15)20(23)24/h2,4,6-8,10-11H,3,5,9H2,1H3. The van der Waals surface area contributed by atoms with Crippen LogP contribution in [0, 0.1) is 10.1 Å². The lowest BCUT2D eigenvalue weighted by Gasteiger charge is -2.30. The van der Waals surface area contributed by atoms with Crippen LogP contribution in [-0.4, -0.2) is 23.2 Å². The maximum Gasteiger partial charge on any atom is 0.270 e. The smallest absolute Gasteiger partial charge is 0.270 e. The Morgan fingerprint density at radius 1 is 1.12 bits per heavy atom. The van der Waals surface area contributed by atoms with E-state index in [1.807, 2.05) is 6.07 Å². The summed E-state index contributed by atoms with van der Waals surface area (Å²) in [7, 11) is 0. The number of fused-ring (bicyclic) bond motifs is 1. The molecule has 0 saturated heterocycles. The molecule has 0 spiro atoms. The van der Waals surface area contributed by atoms with E-state index in [1.54, 1.807) is 23.1 Å². The molecule has 2 aromatic carbocycles. The van der Waals surface area contributed by atoms with Gasteiger partial charge in [-0.1, -0.05) is 18.2 Å². The number of amides is 1. The number of aryl methyl sites for hydroxylation is 1. The molecule has 0 unspecified atom stereocenters. The van der Waals surface area contributed by atoms with Crippen molar-refractivity contribution >= 4 is 23.1 Å². The molecule has 1 aliphatic rings. The summed E-state index contributed by atoms with van der Waals surface area (Å²) in [5, 5.41) is 10.9. The van der Waals surface area contributed by atoms with Crippen LogP contribution in [0.2, 0.25) is 0 Å². The lowest BCUT2D eigenvalue weighted by atomic mass is 9.97. The van der Waals surface area contributed by atoms with E-state index in [1.165, 1.54) is 25.1 Å². The molecule has 1 heterocycles. The predicted octanol–water partition coefficient (Wildman–Crippen LogP) is 3.39. The minimum absolute atomic E-state index is 0.0638. The molecule has 122 valence electrons. The van der Waals surface area contributed by atoms with Crippen LogP contribution >= 0.6 is 0 Å². The lowest BCUT2D eigenvalue weighted by Crippen LogP contribution is -2.35. The fourth-order valence-corrected chi connectivity index (χ4v) is 2.91. The molecule has 0 N–H and O–H groups in total. The van der Waals surface area contributed by atoms with Gasteiger partial charge in [0.05, 0.1) is 4.92 Å². The number of Topliss-reactive ketones (excluding diaryl/α,β-unsaturated/α-hetero) is 1. The molecule has 1 amide bonds. The number of ketones is 1. The summed E-state index contributed by atoms with van der Waals surface area (Å²) in [6.45, 7) is 2.01. The number of benzene rings is 2. The number of hydrogen-bond acceptors (Lipinski definition) is 4. The summed E-state index contributed by atoms with van der Waals surface area (Å²) in [4.78, 5) is 36.5. The highest BCUT2D eigenvalue weighted by atomic mass is 16.6. The number of carbonyl (C=O) groups is 2. The summed E-state index contributed by atoms with van der Waals surface area (Å²) >= 11 is 0. The third-order valence-corrected chi connectivity index (χ3v) is 4.16. The highest BCUT2D eigenvalue weighted by Gasteiger charge is 2.25. The summed E-state index contributed by atoms with van der Waals surface area (Å²) < 4.78 is 0. The SMILES string of the molecule is CC(=O)c1ccc2c(c1)N(C(=O)c1cccc([N+](=O)[O-])c1)CCC2. The van der Waals surface area contributed by atoms with Gasteiger partial charge in [-0.05, 0) is 37.5 Å². The van der Waals surface area contributed by atoms with Crippen molar-refractivity contribution in [3.05, 3.63) is 69.3 Å². The fourth-order valence-electron chi connectivity index (χ4n) is 2.91. The van der Waals surface area contributed by atoms with E-state index in [-0.39, 0.29) is 22.9 Å². The Labute approximate surface area is 138 Å². The molecule has 3 rings (SSSR count). The van der Waals surface area contributed by atoms with Crippen LogP contribution in [0.15, 0.2) is 42.5 Å². The van der Waals surface area contributed by atoms with E-state index in [0.717, 1.165) is 18.4 Å². The van der Waals surface area contributed by atoms with Crippen LogP contribution in [-0.2, 0) is 6.42 Å². The van der Waals surface area contributed by atoms with Crippen LogP contribution in [0.5, 0.6) is 0 Å². The van der Waals surface area contributed by atoms with Crippen molar-refractivity contribution in [2.75, 3.05) is 11.4 Å². The van der Waals surface area contributed by atoms with E-state index < -0.39 is 4.92 Å². The van der Waals surface area contributed by atoms with Crippen molar-refractivity contribution in [1.29, 1.82) is 0 Å². The first kappa shape index (κ1) is 15.9. The van der Waals surface area contributed by atoms with Gasteiger partial charge in [0.25, 0.3) is 11.6 Å². The van der Waals surface area contributed by atoms with Gasteiger partial charge in [0.2, 0.25) is 0 Å². The van der Waals surface area contributed by atoms with Gasteiger partial charge in [-0.15, -0.1) is 0 Å². The fraction of sp³-hybridized carbons (Fsp3) is 0.222. The molecule has 0 aromatic heterocycles. The topological polar surface area (TPSA) is 80.5 Å². The zero-order valence-electron chi connectivity index (χ0n) is 13.2. The highest BCUT2D eigenvalue weighted by Crippen LogP contribution is 2.30. The van der Waals surface area contributed by atoms with Gasteiger partial charge in [0, 0.05) is 35.5 Å². The molecule has 0 fully saturated rings. The Bertz CT molecular complexity index is 845. The van der Waals surface area contributed by atoms with E-state index in [0.29, 0.717) is 17.8 Å². The van der Waals surface area contributed by atoms with Gasteiger partial charge in [0.15, 0.2) is 5.78 Å². The molecule has 0 atom stereocenters. The van der Waals surface area contributed by atoms with Gasteiger partial charge in [0.1, 0.15) is 0 Å². The number of rotatable bonds is 3. The first-order chi connectivity index (χ1) is 11.5. The van der Waals surface area contributed by atoms with Crippen molar-refractivity contribution in [3.8, 4) is 0 Å². The number of carbonyl (C=O) groups excluding carboxylic acids is 2. The second kappa shape index (κ2) is 6.23. The molecule has 6 heteroatoms. The molecule has 0 radical (unpaired) electrons. The molecule has 6 nitrogen and oxygen atoms in total. The first-order valence-electron chi connectivity index (χ1n) is 7.67. The van der Waals surface area contributed by atoms with Crippen molar-refractivity contribution < 1.29 is 14.5 Å². The quantitative estimate of drug-likeness (QED) is 0.492. The first-order valence-corrected chi connectivity index (χ1v) is 7.67. The van der Waals surface area contributed by atoms with Crippen LogP contribution in [0.25, 0.3) is 0 Å². The van der Waals surface area contributed by atoms with E-state index >= 15 is 0 Å². The summed E-state index contributed by atoms with van der Waals surface area (Å²) in [6.07, 6.45) is 1.65. The second-order valence-electron chi connectivity index (χ2n) is 5.77. The predicted molar refractivity (Wildman–Crippen MR) is 89.5 cm³/mol. The normalized spacial score (nSPS) is 13.3. The average molecular weight is 324 g/mol. The van der Waals surface area contributed by atoms with Crippen LogP contribution in [0.4, 0.5) is 11.4 Å². The molecule has 24 heavy (non-hydrogen) atoms. The van der Waals surface area contributed by atoms with Crippen molar-refractivity contribution in [1.82, 2.24) is 0 Å². The zero-order chi connectivity index (χ0) is 17.3. The van der Waals surface area contributed by atoms with E-state index in [4.69, 9.17) is 0 Å². The number of nitro benzene ring substituents is 1. The van der Waals surface area contributed by atoms with Gasteiger partial charge in [-0.2, -0.15) is 0 Å².